The van der Waals surface area contributed by atoms with E-state index < -0.39 is 17.1 Å². The minimum Gasteiger partial charge on any atom is -0.444 e. The lowest BCUT2D eigenvalue weighted by atomic mass is 9.86. The van der Waals surface area contributed by atoms with Gasteiger partial charge in [-0.25, -0.2) is 4.79 Å². The Morgan fingerprint density at radius 2 is 2.15 bits per heavy atom. The quantitative estimate of drug-likeness (QED) is 0.828. The second-order valence-electron chi connectivity index (χ2n) is 6.47. The van der Waals surface area contributed by atoms with Gasteiger partial charge in [-0.1, -0.05) is 0 Å². The van der Waals surface area contributed by atoms with Gasteiger partial charge in [0.1, 0.15) is 5.60 Å². The molecule has 20 heavy (non-hydrogen) atoms. The van der Waals surface area contributed by atoms with Crippen molar-refractivity contribution in [2.45, 2.75) is 45.8 Å². The summed E-state index contributed by atoms with van der Waals surface area (Å²) in [6.45, 7) is 8.32. The molecule has 1 amide bonds. The van der Waals surface area contributed by atoms with Crippen LogP contribution in [-0.4, -0.2) is 54.1 Å². The van der Waals surface area contributed by atoms with E-state index in [9.17, 15) is 9.90 Å². The average Bonchev–Trinajstić information content (AvgIpc) is 2.26. The van der Waals surface area contributed by atoms with Gasteiger partial charge in [0.05, 0.1) is 37.7 Å². The Kier molecular flexibility index (Phi) is 5.37. The normalized spacial score (nSPS) is 18.6. The number of carbonyl (C=O) groups excluding carboxylic acids is 1. The molecule has 1 heterocycles. The van der Waals surface area contributed by atoms with Gasteiger partial charge in [-0.05, 0) is 27.7 Å². The third-order valence-corrected chi connectivity index (χ3v) is 3.20. The Morgan fingerprint density at radius 1 is 1.55 bits per heavy atom. The number of rotatable bonds is 5. The van der Waals surface area contributed by atoms with Crippen LogP contribution in [-0.2, 0) is 9.47 Å². The molecule has 0 saturated carbocycles. The predicted molar refractivity (Wildman–Crippen MR) is 73.0 cm³/mol. The van der Waals surface area contributed by atoms with E-state index in [1.165, 1.54) is 4.90 Å². The zero-order valence-electron chi connectivity index (χ0n) is 12.7. The number of carbonyl (C=O) groups is 1. The number of aliphatic hydroxyl groups is 1. The van der Waals surface area contributed by atoms with Gasteiger partial charge in [0.2, 0.25) is 0 Å². The minimum absolute atomic E-state index is 0.0500. The second-order valence-corrected chi connectivity index (χ2v) is 6.47. The summed E-state index contributed by atoms with van der Waals surface area (Å²) < 4.78 is 10.5. The lowest BCUT2D eigenvalue weighted by Crippen LogP contribution is -2.56. The van der Waals surface area contributed by atoms with Crippen LogP contribution in [0.25, 0.3) is 0 Å². The fourth-order valence-electron chi connectivity index (χ4n) is 1.95. The first kappa shape index (κ1) is 16.7. The predicted octanol–water partition coefficient (Wildman–Crippen LogP) is 1.53. The van der Waals surface area contributed by atoms with Gasteiger partial charge in [-0.2, -0.15) is 5.26 Å². The molecule has 0 unspecified atom stereocenters. The number of nitriles is 1. The Balaban J connectivity index is 2.80. The van der Waals surface area contributed by atoms with Crippen LogP contribution in [0, 0.1) is 16.7 Å². The largest absolute Gasteiger partial charge is 0.444 e. The topological polar surface area (TPSA) is 82.8 Å². The highest BCUT2D eigenvalue weighted by Crippen LogP contribution is 2.29. The van der Waals surface area contributed by atoms with E-state index in [1.807, 2.05) is 0 Å². The molecule has 1 aliphatic heterocycles. The number of hydrogen-bond acceptors (Lipinski definition) is 5. The van der Waals surface area contributed by atoms with E-state index in [1.54, 1.807) is 27.7 Å². The summed E-state index contributed by atoms with van der Waals surface area (Å²) in [5, 5.41) is 18.3. The summed E-state index contributed by atoms with van der Waals surface area (Å²) in [6, 6.07) is 1.80. The zero-order valence-corrected chi connectivity index (χ0v) is 12.7. The van der Waals surface area contributed by atoms with E-state index in [0.29, 0.717) is 19.8 Å². The highest BCUT2D eigenvalue weighted by atomic mass is 16.6. The molecule has 0 aromatic heterocycles. The molecule has 1 atom stereocenters. The first-order valence-corrected chi connectivity index (χ1v) is 6.78. The van der Waals surface area contributed by atoms with E-state index in [4.69, 9.17) is 14.7 Å². The van der Waals surface area contributed by atoms with Gasteiger partial charge in [-0.3, -0.25) is 0 Å². The van der Waals surface area contributed by atoms with Gasteiger partial charge in [0.25, 0.3) is 0 Å². The van der Waals surface area contributed by atoms with Crippen LogP contribution >= 0.6 is 0 Å². The molecule has 1 saturated heterocycles. The number of nitrogens with zero attached hydrogens (tertiary/aromatic N) is 2. The number of amides is 1. The summed E-state index contributed by atoms with van der Waals surface area (Å²) in [7, 11) is 0. The molecule has 0 radical (unpaired) electrons. The summed E-state index contributed by atoms with van der Waals surface area (Å²) >= 11 is 0. The first-order chi connectivity index (χ1) is 9.23. The van der Waals surface area contributed by atoms with E-state index >= 15 is 0 Å². The number of ether oxygens (including phenoxy) is 2. The highest BCUT2D eigenvalue weighted by Gasteiger charge is 2.42. The van der Waals surface area contributed by atoms with Crippen LogP contribution in [0.4, 0.5) is 4.79 Å². The number of aliphatic hydroxyl groups excluding tert-OH is 1. The van der Waals surface area contributed by atoms with Crippen LogP contribution in [0.2, 0.25) is 0 Å². The van der Waals surface area contributed by atoms with Crippen molar-refractivity contribution in [1.29, 1.82) is 5.26 Å². The van der Waals surface area contributed by atoms with E-state index in [-0.39, 0.29) is 19.1 Å². The molecule has 0 aliphatic carbocycles. The van der Waals surface area contributed by atoms with Crippen molar-refractivity contribution in [3.63, 3.8) is 0 Å². The van der Waals surface area contributed by atoms with Crippen LogP contribution < -0.4 is 0 Å². The summed E-state index contributed by atoms with van der Waals surface area (Å²) in [6.07, 6.45) is -0.235. The SMILES string of the molecule is C[C@@H](CC#N)N(CC1(CO)COC1)C(=O)OC(C)(C)C. The average molecular weight is 284 g/mol. The van der Waals surface area contributed by atoms with E-state index in [0.717, 1.165) is 0 Å². The first-order valence-electron chi connectivity index (χ1n) is 6.78. The second kappa shape index (κ2) is 6.42. The van der Waals surface area contributed by atoms with Gasteiger partial charge in [0, 0.05) is 12.6 Å². The standard InChI is InChI=1S/C14H24N2O4/c1-11(5-6-15)16(12(18)20-13(2,3)4)7-14(8-17)9-19-10-14/h11,17H,5,7-10H2,1-4H3/t11-/m0/s1. The molecule has 114 valence electrons. The van der Waals surface area contributed by atoms with Crippen molar-refractivity contribution in [1.82, 2.24) is 4.90 Å². The van der Waals surface area contributed by atoms with Crippen molar-refractivity contribution in [3.8, 4) is 6.07 Å². The van der Waals surface area contributed by atoms with Crippen LogP contribution in [0.3, 0.4) is 0 Å². The molecule has 1 rings (SSSR count). The molecule has 0 aromatic carbocycles. The maximum absolute atomic E-state index is 12.3. The lowest BCUT2D eigenvalue weighted by Gasteiger charge is -2.44. The van der Waals surface area contributed by atoms with Crippen LogP contribution in [0.1, 0.15) is 34.1 Å². The number of hydrogen-bond donors (Lipinski definition) is 1. The van der Waals surface area contributed by atoms with Crippen molar-refractivity contribution in [2.24, 2.45) is 5.41 Å². The molecule has 1 fully saturated rings. The third-order valence-electron chi connectivity index (χ3n) is 3.20. The molecule has 0 bridgehead atoms. The zero-order chi connectivity index (χ0) is 15.4. The molecule has 6 heteroatoms. The minimum atomic E-state index is -0.593. The van der Waals surface area contributed by atoms with Crippen molar-refractivity contribution in [3.05, 3.63) is 0 Å². The summed E-state index contributed by atoms with van der Waals surface area (Å²) in [5.74, 6) is 0. The molecule has 6 nitrogen and oxygen atoms in total. The van der Waals surface area contributed by atoms with Gasteiger partial charge >= 0.3 is 6.09 Å². The van der Waals surface area contributed by atoms with Crippen LogP contribution in [0.5, 0.6) is 0 Å². The molecule has 1 aliphatic rings. The van der Waals surface area contributed by atoms with Gasteiger partial charge in [0.15, 0.2) is 0 Å². The van der Waals surface area contributed by atoms with Crippen molar-refractivity contribution >= 4 is 6.09 Å². The molecular weight excluding hydrogens is 260 g/mol. The van der Waals surface area contributed by atoms with E-state index in [2.05, 4.69) is 6.07 Å². The van der Waals surface area contributed by atoms with Crippen molar-refractivity contribution in [2.75, 3.05) is 26.4 Å². The Hall–Kier alpha value is -1.32. The van der Waals surface area contributed by atoms with Gasteiger partial charge < -0.3 is 19.5 Å². The Morgan fingerprint density at radius 3 is 2.50 bits per heavy atom. The Labute approximate surface area is 120 Å². The molecule has 0 aromatic rings. The summed E-state index contributed by atoms with van der Waals surface area (Å²) in [5.41, 5.74) is -1.02. The highest BCUT2D eigenvalue weighted by molar-refractivity contribution is 5.68. The monoisotopic (exact) mass is 284 g/mol. The molecule has 0 spiro atoms. The maximum Gasteiger partial charge on any atom is 0.410 e. The van der Waals surface area contributed by atoms with Crippen LogP contribution in [0.15, 0.2) is 0 Å². The fraction of sp³-hybridized carbons (Fsp3) is 0.857. The fourth-order valence-corrected chi connectivity index (χ4v) is 1.95. The Bertz CT molecular complexity index is 374. The smallest absolute Gasteiger partial charge is 0.410 e. The maximum atomic E-state index is 12.3. The molecular formula is C14H24N2O4. The lowest BCUT2D eigenvalue weighted by molar-refractivity contribution is -0.149. The molecule has 1 N–H and O–H groups in total. The van der Waals surface area contributed by atoms with Crippen molar-refractivity contribution < 1.29 is 19.4 Å². The summed E-state index contributed by atoms with van der Waals surface area (Å²) in [4.78, 5) is 13.8. The van der Waals surface area contributed by atoms with Gasteiger partial charge in [-0.15, -0.1) is 0 Å². The third kappa shape index (κ3) is 4.36.